The number of carbonyl (C=O) groups excluding carboxylic acids is 1. The molecular weight excluding hydrogens is 276 g/mol. The van der Waals surface area contributed by atoms with Crippen molar-refractivity contribution in [2.45, 2.75) is 30.1 Å². The predicted molar refractivity (Wildman–Crippen MR) is 82.1 cm³/mol. The molecule has 0 aromatic rings. The molecule has 1 rings (SSSR count). The number of thioether (sulfide) groups is 4. The van der Waals surface area contributed by atoms with E-state index in [1.807, 2.05) is 35.3 Å². The minimum Gasteiger partial charge on any atom is -0.282 e. The van der Waals surface area contributed by atoms with Crippen molar-refractivity contribution in [1.82, 2.24) is 0 Å². The maximum atomic E-state index is 11.2. The zero-order valence-electron chi connectivity index (χ0n) is 9.47. The van der Waals surface area contributed by atoms with E-state index >= 15 is 0 Å². The van der Waals surface area contributed by atoms with Gasteiger partial charge < -0.3 is 0 Å². The molecule has 1 nitrogen and oxygen atoms in total. The Balaban J connectivity index is 2.24. The molecule has 0 fully saturated rings. The van der Waals surface area contributed by atoms with E-state index in [2.05, 4.69) is 25.8 Å². The third-order valence-electron chi connectivity index (χ3n) is 1.89. The van der Waals surface area contributed by atoms with E-state index < -0.39 is 0 Å². The van der Waals surface area contributed by atoms with Gasteiger partial charge >= 0.3 is 0 Å². The third-order valence-corrected chi connectivity index (χ3v) is 6.53. The third kappa shape index (κ3) is 5.75. The maximum absolute atomic E-state index is 11.2. The van der Waals surface area contributed by atoms with Crippen molar-refractivity contribution in [2.75, 3.05) is 5.08 Å². The molecule has 0 aromatic heterocycles. The zero-order chi connectivity index (χ0) is 12.0. The largest absolute Gasteiger partial charge is 0.282 e. The van der Waals surface area contributed by atoms with Crippen LogP contribution in [-0.4, -0.2) is 20.0 Å². The second-order valence-corrected chi connectivity index (χ2v) is 9.12. The zero-order valence-corrected chi connectivity index (χ0v) is 12.7. The van der Waals surface area contributed by atoms with Gasteiger partial charge in [0.25, 0.3) is 0 Å². The first kappa shape index (κ1) is 14.6. The summed E-state index contributed by atoms with van der Waals surface area (Å²) >= 11 is 7.03. The van der Waals surface area contributed by atoms with Crippen molar-refractivity contribution in [3.05, 3.63) is 23.0 Å². The molecule has 1 heterocycles. The van der Waals surface area contributed by atoms with Crippen LogP contribution in [0.4, 0.5) is 0 Å². The lowest BCUT2D eigenvalue weighted by atomic mass is 10.3. The second-order valence-electron chi connectivity index (χ2n) is 3.37. The monoisotopic (exact) mass is 292 g/mol. The Bertz CT molecular complexity index is 288. The van der Waals surface area contributed by atoms with E-state index in [0.29, 0.717) is 9.83 Å². The molecule has 0 radical (unpaired) electrons. The number of hydrogen-bond acceptors (Lipinski definition) is 5. The van der Waals surface area contributed by atoms with Crippen LogP contribution in [0.5, 0.6) is 0 Å². The average molecular weight is 293 g/mol. The first-order chi connectivity index (χ1) is 7.61. The Morgan fingerprint density at radius 3 is 3.00 bits per heavy atom. The fourth-order valence-corrected chi connectivity index (χ4v) is 6.09. The lowest BCUT2D eigenvalue weighted by molar-refractivity contribution is -0.107. The highest BCUT2D eigenvalue weighted by atomic mass is 32.2. The fourth-order valence-electron chi connectivity index (χ4n) is 1.28. The maximum Gasteiger partial charge on any atom is 0.212 e. The second kappa shape index (κ2) is 7.80. The van der Waals surface area contributed by atoms with Gasteiger partial charge in [-0.3, -0.25) is 4.79 Å². The van der Waals surface area contributed by atoms with Gasteiger partial charge in [-0.1, -0.05) is 25.3 Å². The van der Waals surface area contributed by atoms with Gasteiger partial charge in [0.15, 0.2) is 0 Å². The van der Waals surface area contributed by atoms with Gasteiger partial charge in [0, 0.05) is 10.3 Å². The van der Waals surface area contributed by atoms with Gasteiger partial charge in [0.2, 0.25) is 5.12 Å². The Morgan fingerprint density at radius 1 is 1.69 bits per heavy atom. The molecule has 1 aliphatic heterocycles. The van der Waals surface area contributed by atoms with E-state index in [4.69, 9.17) is 0 Å². The first-order valence-corrected chi connectivity index (χ1v) is 8.89. The van der Waals surface area contributed by atoms with E-state index in [1.54, 1.807) is 0 Å². The molecule has 0 N–H and O–H groups in total. The summed E-state index contributed by atoms with van der Waals surface area (Å²) in [7, 11) is 0. The van der Waals surface area contributed by atoms with E-state index in [9.17, 15) is 4.79 Å². The molecule has 2 unspecified atom stereocenters. The number of allylic oxidation sites excluding steroid dienone is 1. The summed E-state index contributed by atoms with van der Waals surface area (Å²) in [5, 5.41) is 4.05. The molecule has 0 aromatic carbocycles. The highest BCUT2D eigenvalue weighted by Gasteiger charge is 2.15. The minimum atomic E-state index is 0.0669. The molecule has 5 heteroatoms. The minimum absolute atomic E-state index is 0.0669. The Morgan fingerprint density at radius 2 is 2.44 bits per heavy atom. The standard InChI is InChI=1S/C11H16OS4/c1-4-11(12)16-9(3)15-8(2)5-10-6-13-7-14-10/h4,6,8-9H,1,5,7H2,2-3H3. The van der Waals surface area contributed by atoms with Crippen LogP contribution in [0.1, 0.15) is 20.3 Å². The Hall–Kier alpha value is 0.550. The SMILES string of the molecule is C=CC(=O)SC(C)SC(C)CC1=CSCS1. The normalized spacial score (nSPS) is 19.0. The molecule has 90 valence electrons. The van der Waals surface area contributed by atoms with E-state index in [0.717, 1.165) is 11.5 Å². The van der Waals surface area contributed by atoms with Crippen LogP contribution in [-0.2, 0) is 4.79 Å². The van der Waals surface area contributed by atoms with E-state index in [1.165, 1.54) is 22.7 Å². The van der Waals surface area contributed by atoms with Gasteiger partial charge in [-0.05, 0) is 29.7 Å². The molecule has 0 bridgehead atoms. The van der Waals surface area contributed by atoms with Crippen molar-refractivity contribution < 1.29 is 4.79 Å². The van der Waals surface area contributed by atoms with Gasteiger partial charge in [-0.2, -0.15) is 0 Å². The molecule has 0 aliphatic carbocycles. The quantitative estimate of drug-likeness (QED) is 0.525. The van der Waals surface area contributed by atoms with Crippen molar-refractivity contribution >= 4 is 52.2 Å². The van der Waals surface area contributed by atoms with Crippen molar-refractivity contribution in [1.29, 1.82) is 0 Å². The summed E-state index contributed by atoms with van der Waals surface area (Å²) in [5.74, 6) is 0. The van der Waals surface area contributed by atoms with Crippen LogP contribution in [0.15, 0.2) is 23.0 Å². The summed E-state index contributed by atoms with van der Waals surface area (Å²) in [6.45, 7) is 7.79. The molecule has 0 saturated heterocycles. The van der Waals surface area contributed by atoms with Gasteiger partial charge in [-0.15, -0.1) is 35.3 Å². The first-order valence-electron chi connectivity index (χ1n) is 5.03. The molecule has 0 amide bonds. The topological polar surface area (TPSA) is 17.1 Å². The highest BCUT2D eigenvalue weighted by molar-refractivity contribution is 8.25. The number of carbonyl (C=O) groups is 1. The van der Waals surface area contributed by atoms with Crippen LogP contribution in [0.25, 0.3) is 0 Å². The van der Waals surface area contributed by atoms with Crippen LogP contribution < -0.4 is 0 Å². The number of hydrogen-bond donors (Lipinski definition) is 0. The molecule has 0 spiro atoms. The fraction of sp³-hybridized carbons (Fsp3) is 0.545. The summed E-state index contributed by atoms with van der Waals surface area (Å²) in [4.78, 5) is 12.6. The lowest BCUT2D eigenvalue weighted by Crippen LogP contribution is -2.04. The molecule has 2 atom stereocenters. The Labute approximate surface area is 115 Å². The Kier molecular flexibility index (Phi) is 7.12. The molecule has 16 heavy (non-hydrogen) atoms. The molecular formula is C11H16OS4. The van der Waals surface area contributed by atoms with Gasteiger partial charge in [0.05, 0.1) is 4.58 Å². The van der Waals surface area contributed by atoms with Crippen molar-refractivity contribution in [3.8, 4) is 0 Å². The van der Waals surface area contributed by atoms with Crippen molar-refractivity contribution in [3.63, 3.8) is 0 Å². The van der Waals surface area contributed by atoms with Gasteiger partial charge in [-0.25, -0.2) is 0 Å². The molecule has 0 saturated carbocycles. The predicted octanol–water partition coefficient (Wildman–Crippen LogP) is 4.57. The summed E-state index contributed by atoms with van der Waals surface area (Å²) < 4.78 is 0.306. The van der Waals surface area contributed by atoms with Crippen LogP contribution in [0, 0.1) is 0 Å². The highest BCUT2D eigenvalue weighted by Crippen LogP contribution is 2.38. The number of rotatable bonds is 6. The lowest BCUT2D eigenvalue weighted by Gasteiger charge is -2.15. The summed E-state index contributed by atoms with van der Waals surface area (Å²) in [6, 6.07) is 0. The van der Waals surface area contributed by atoms with E-state index in [-0.39, 0.29) is 5.12 Å². The summed E-state index contributed by atoms with van der Waals surface area (Å²) in [5.41, 5.74) is 0. The smallest absolute Gasteiger partial charge is 0.212 e. The van der Waals surface area contributed by atoms with Gasteiger partial charge in [0.1, 0.15) is 0 Å². The molecule has 1 aliphatic rings. The summed E-state index contributed by atoms with van der Waals surface area (Å²) in [6.07, 6.45) is 2.51. The average Bonchev–Trinajstić information content (AvgIpc) is 2.69. The van der Waals surface area contributed by atoms with Crippen LogP contribution >= 0.6 is 47.0 Å². The van der Waals surface area contributed by atoms with Crippen LogP contribution in [0.3, 0.4) is 0 Å². The van der Waals surface area contributed by atoms with Crippen molar-refractivity contribution in [2.24, 2.45) is 0 Å². The van der Waals surface area contributed by atoms with Crippen LogP contribution in [0.2, 0.25) is 0 Å².